The molecular weight excluding hydrogens is 181 g/mol. The molecule has 0 fully saturated rings. The maximum atomic E-state index is 13.2. The summed E-state index contributed by atoms with van der Waals surface area (Å²) in [5.41, 5.74) is 7.58. The average Bonchev–Trinajstić information content (AvgIpc) is 2.57. The van der Waals surface area contributed by atoms with Crippen LogP contribution < -0.4 is 5.73 Å². The summed E-state index contributed by atoms with van der Waals surface area (Å²) in [6.45, 7) is 1.72. The van der Waals surface area contributed by atoms with Gasteiger partial charge in [0, 0.05) is 11.6 Å². The Morgan fingerprint density at radius 3 is 2.86 bits per heavy atom. The van der Waals surface area contributed by atoms with E-state index in [1.165, 1.54) is 6.07 Å². The van der Waals surface area contributed by atoms with Gasteiger partial charge in [-0.05, 0) is 18.6 Å². The fourth-order valence-electron chi connectivity index (χ4n) is 1.37. The number of nitrogen functional groups attached to an aromatic ring is 1. The number of anilines is 1. The molecule has 2 rings (SSSR count). The third kappa shape index (κ3) is 1.35. The maximum Gasteiger partial charge on any atom is 0.145 e. The van der Waals surface area contributed by atoms with Gasteiger partial charge in [-0.1, -0.05) is 12.1 Å². The van der Waals surface area contributed by atoms with Crippen molar-refractivity contribution < 1.29 is 4.39 Å². The van der Waals surface area contributed by atoms with Gasteiger partial charge in [0.15, 0.2) is 0 Å². The van der Waals surface area contributed by atoms with Gasteiger partial charge >= 0.3 is 0 Å². The van der Waals surface area contributed by atoms with Crippen molar-refractivity contribution in [2.45, 2.75) is 6.92 Å². The lowest BCUT2D eigenvalue weighted by Crippen LogP contribution is -1.87. The summed E-state index contributed by atoms with van der Waals surface area (Å²) < 4.78 is 13.2. The fourth-order valence-corrected chi connectivity index (χ4v) is 1.37. The van der Waals surface area contributed by atoms with Crippen LogP contribution in [0.3, 0.4) is 0 Å². The molecule has 0 atom stereocenters. The van der Waals surface area contributed by atoms with Crippen LogP contribution >= 0.6 is 0 Å². The molecular formula is C10H10FN3. The van der Waals surface area contributed by atoms with Crippen LogP contribution in [0, 0.1) is 12.7 Å². The van der Waals surface area contributed by atoms with E-state index in [9.17, 15) is 4.39 Å². The minimum atomic E-state index is -0.226. The molecule has 1 heterocycles. The first-order chi connectivity index (χ1) is 6.68. The third-order valence-electron chi connectivity index (χ3n) is 2.16. The van der Waals surface area contributed by atoms with E-state index in [1.807, 2.05) is 6.07 Å². The summed E-state index contributed by atoms with van der Waals surface area (Å²) in [7, 11) is 0. The van der Waals surface area contributed by atoms with Gasteiger partial charge in [0.1, 0.15) is 11.6 Å². The molecule has 0 saturated carbocycles. The highest BCUT2D eigenvalue weighted by Crippen LogP contribution is 2.23. The van der Waals surface area contributed by atoms with Crippen LogP contribution in [0.4, 0.5) is 10.2 Å². The van der Waals surface area contributed by atoms with E-state index < -0.39 is 0 Å². The van der Waals surface area contributed by atoms with Crippen LogP contribution in [-0.4, -0.2) is 10.2 Å². The molecule has 0 spiro atoms. The summed E-state index contributed by atoms with van der Waals surface area (Å²) >= 11 is 0. The number of hydrogen-bond acceptors (Lipinski definition) is 2. The smallest absolute Gasteiger partial charge is 0.145 e. The number of H-pyrrole nitrogens is 1. The number of halogens is 1. The predicted molar refractivity (Wildman–Crippen MR) is 53.1 cm³/mol. The molecule has 0 aliphatic rings. The van der Waals surface area contributed by atoms with Crippen molar-refractivity contribution in [1.29, 1.82) is 0 Å². The SMILES string of the molecule is Cc1c(F)cccc1-c1cc(N)n[nH]1. The Balaban J connectivity index is 2.57. The van der Waals surface area contributed by atoms with Gasteiger partial charge in [-0.2, -0.15) is 5.10 Å². The number of hydrogen-bond donors (Lipinski definition) is 2. The molecule has 0 aliphatic heterocycles. The first-order valence-corrected chi connectivity index (χ1v) is 4.25. The van der Waals surface area contributed by atoms with E-state index in [1.54, 1.807) is 19.1 Å². The first-order valence-electron chi connectivity index (χ1n) is 4.25. The molecule has 0 amide bonds. The molecule has 4 heteroatoms. The van der Waals surface area contributed by atoms with Gasteiger partial charge in [0.05, 0.1) is 5.69 Å². The fraction of sp³-hybridized carbons (Fsp3) is 0.100. The Hall–Kier alpha value is -1.84. The highest BCUT2D eigenvalue weighted by atomic mass is 19.1. The van der Waals surface area contributed by atoms with Crippen molar-refractivity contribution >= 4 is 5.82 Å². The summed E-state index contributed by atoms with van der Waals surface area (Å²) in [5.74, 6) is 0.180. The molecule has 3 nitrogen and oxygen atoms in total. The molecule has 0 aliphatic carbocycles. The number of benzene rings is 1. The minimum absolute atomic E-state index is 0.226. The molecule has 14 heavy (non-hydrogen) atoms. The number of nitrogens with two attached hydrogens (primary N) is 1. The standard InChI is InChI=1S/C10H10FN3/c1-6-7(3-2-4-8(6)11)9-5-10(12)14-13-9/h2-5H,1H3,(H3,12,13,14). The second kappa shape index (κ2) is 3.14. The second-order valence-corrected chi connectivity index (χ2v) is 3.12. The zero-order chi connectivity index (χ0) is 10.1. The van der Waals surface area contributed by atoms with Gasteiger partial charge in [-0.3, -0.25) is 5.10 Å². The molecule has 3 N–H and O–H groups in total. The Bertz CT molecular complexity index is 462. The lowest BCUT2D eigenvalue weighted by Gasteiger charge is -2.02. The highest BCUT2D eigenvalue weighted by molar-refractivity contribution is 5.65. The summed E-state index contributed by atoms with van der Waals surface area (Å²) in [4.78, 5) is 0. The molecule has 0 bridgehead atoms. The van der Waals surface area contributed by atoms with Crippen LogP contribution in [0.15, 0.2) is 24.3 Å². The number of nitrogens with one attached hydrogen (secondary N) is 1. The van der Waals surface area contributed by atoms with E-state index in [2.05, 4.69) is 10.2 Å². The Morgan fingerprint density at radius 2 is 2.21 bits per heavy atom. The topological polar surface area (TPSA) is 54.7 Å². The zero-order valence-corrected chi connectivity index (χ0v) is 7.71. The lowest BCUT2D eigenvalue weighted by molar-refractivity contribution is 0.619. The molecule has 72 valence electrons. The van der Waals surface area contributed by atoms with E-state index >= 15 is 0 Å². The molecule has 1 aromatic heterocycles. The number of nitrogens with zero attached hydrogens (tertiary/aromatic N) is 1. The van der Waals surface area contributed by atoms with Crippen molar-refractivity contribution in [3.05, 3.63) is 35.6 Å². The summed E-state index contributed by atoms with van der Waals surface area (Å²) in [5, 5.41) is 6.54. The average molecular weight is 191 g/mol. The number of rotatable bonds is 1. The van der Waals surface area contributed by atoms with Gasteiger partial charge in [-0.15, -0.1) is 0 Å². The normalized spacial score (nSPS) is 10.4. The van der Waals surface area contributed by atoms with E-state index in [0.29, 0.717) is 11.4 Å². The minimum Gasteiger partial charge on any atom is -0.382 e. The third-order valence-corrected chi connectivity index (χ3v) is 2.16. The van der Waals surface area contributed by atoms with Crippen molar-refractivity contribution in [2.75, 3.05) is 5.73 Å². The Morgan fingerprint density at radius 1 is 1.43 bits per heavy atom. The van der Waals surface area contributed by atoms with E-state index in [4.69, 9.17) is 5.73 Å². The lowest BCUT2D eigenvalue weighted by atomic mass is 10.1. The molecule has 0 saturated heterocycles. The second-order valence-electron chi connectivity index (χ2n) is 3.12. The van der Waals surface area contributed by atoms with Gasteiger partial charge in [-0.25, -0.2) is 4.39 Å². The van der Waals surface area contributed by atoms with Crippen LogP contribution in [0.2, 0.25) is 0 Å². The first kappa shape index (κ1) is 8.74. The monoisotopic (exact) mass is 191 g/mol. The van der Waals surface area contributed by atoms with E-state index in [0.717, 1.165) is 11.3 Å². The van der Waals surface area contributed by atoms with E-state index in [-0.39, 0.29) is 5.82 Å². The van der Waals surface area contributed by atoms with Gasteiger partial charge in [0.25, 0.3) is 0 Å². The van der Waals surface area contributed by atoms with Crippen LogP contribution in [0.25, 0.3) is 11.3 Å². The highest BCUT2D eigenvalue weighted by Gasteiger charge is 2.07. The molecule has 2 aromatic rings. The van der Waals surface area contributed by atoms with Gasteiger partial charge < -0.3 is 5.73 Å². The quantitative estimate of drug-likeness (QED) is 0.725. The Kier molecular flexibility index (Phi) is 1.96. The predicted octanol–water partition coefficient (Wildman–Crippen LogP) is 2.11. The van der Waals surface area contributed by atoms with Crippen molar-refractivity contribution in [3.8, 4) is 11.3 Å². The zero-order valence-electron chi connectivity index (χ0n) is 7.71. The van der Waals surface area contributed by atoms with Crippen molar-refractivity contribution in [2.24, 2.45) is 0 Å². The van der Waals surface area contributed by atoms with Crippen LogP contribution in [0.1, 0.15) is 5.56 Å². The van der Waals surface area contributed by atoms with Crippen LogP contribution in [0.5, 0.6) is 0 Å². The molecule has 1 aromatic carbocycles. The van der Waals surface area contributed by atoms with Gasteiger partial charge in [0.2, 0.25) is 0 Å². The summed E-state index contributed by atoms with van der Waals surface area (Å²) in [6.07, 6.45) is 0. The van der Waals surface area contributed by atoms with Crippen molar-refractivity contribution in [3.63, 3.8) is 0 Å². The maximum absolute atomic E-state index is 13.2. The van der Waals surface area contributed by atoms with Crippen molar-refractivity contribution in [1.82, 2.24) is 10.2 Å². The summed E-state index contributed by atoms with van der Waals surface area (Å²) in [6, 6.07) is 6.60. The molecule has 0 unspecified atom stereocenters. The Labute approximate surface area is 80.8 Å². The largest absolute Gasteiger partial charge is 0.382 e. The number of aromatic amines is 1. The van der Waals surface area contributed by atoms with Crippen LogP contribution in [-0.2, 0) is 0 Å². The number of aromatic nitrogens is 2. The molecule has 0 radical (unpaired) electrons.